The molecule has 0 bridgehead atoms. The van der Waals surface area contributed by atoms with Crippen LogP contribution >= 0.6 is 0 Å². The van der Waals surface area contributed by atoms with Crippen LogP contribution in [0.1, 0.15) is 38.2 Å². The summed E-state index contributed by atoms with van der Waals surface area (Å²) in [6, 6.07) is 6.63. The van der Waals surface area contributed by atoms with Gasteiger partial charge in [-0.25, -0.2) is 0 Å². The Morgan fingerprint density at radius 1 is 1.23 bits per heavy atom. The van der Waals surface area contributed by atoms with Gasteiger partial charge in [0, 0.05) is 0 Å². The molecule has 0 amide bonds. The Morgan fingerprint density at radius 3 is 2.41 bits per heavy atom. The minimum Gasteiger partial charge on any atom is -0.461 e. The summed E-state index contributed by atoms with van der Waals surface area (Å²) in [4.78, 5) is 12.0. The van der Waals surface area contributed by atoms with Crippen molar-refractivity contribution in [2.45, 2.75) is 51.4 Å². The third-order valence-corrected chi connectivity index (χ3v) is 3.46. The molecule has 0 spiro atoms. The molecule has 22 heavy (non-hydrogen) atoms. The Hall–Kier alpha value is -1.56. The van der Waals surface area contributed by atoms with Crippen molar-refractivity contribution in [1.82, 2.24) is 0 Å². The predicted molar refractivity (Wildman–Crippen MR) is 77.9 cm³/mol. The molecular formula is C16H22F3NO2. The van der Waals surface area contributed by atoms with E-state index in [4.69, 9.17) is 10.5 Å². The van der Waals surface area contributed by atoms with E-state index in [1.54, 1.807) is 30.3 Å². The third-order valence-electron chi connectivity index (χ3n) is 3.46. The van der Waals surface area contributed by atoms with Crippen LogP contribution in [0.3, 0.4) is 0 Å². The number of rotatable bonds is 8. The third kappa shape index (κ3) is 6.05. The van der Waals surface area contributed by atoms with Crippen molar-refractivity contribution in [2.24, 2.45) is 11.7 Å². The van der Waals surface area contributed by atoms with Crippen molar-refractivity contribution in [3.05, 3.63) is 35.9 Å². The molecule has 124 valence electrons. The van der Waals surface area contributed by atoms with Crippen LogP contribution in [0.5, 0.6) is 0 Å². The number of alkyl halides is 3. The second kappa shape index (κ2) is 8.78. The minimum atomic E-state index is -4.61. The van der Waals surface area contributed by atoms with Crippen molar-refractivity contribution in [1.29, 1.82) is 0 Å². The molecule has 0 heterocycles. The molecule has 6 heteroatoms. The van der Waals surface area contributed by atoms with E-state index in [9.17, 15) is 18.0 Å². The van der Waals surface area contributed by atoms with Crippen LogP contribution in [0.2, 0.25) is 0 Å². The van der Waals surface area contributed by atoms with E-state index < -0.39 is 24.1 Å². The molecule has 0 aliphatic rings. The topological polar surface area (TPSA) is 52.3 Å². The van der Waals surface area contributed by atoms with Gasteiger partial charge in [0.1, 0.15) is 12.6 Å². The molecular weight excluding hydrogens is 295 g/mol. The molecule has 0 aliphatic carbocycles. The van der Waals surface area contributed by atoms with Crippen LogP contribution in [-0.2, 0) is 16.1 Å². The first-order valence-corrected chi connectivity index (χ1v) is 7.39. The van der Waals surface area contributed by atoms with E-state index in [1.807, 2.05) is 6.92 Å². The Bertz CT molecular complexity index is 448. The highest BCUT2D eigenvalue weighted by Crippen LogP contribution is 2.28. The lowest BCUT2D eigenvalue weighted by molar-refractivity contribution is -0.177. The van der Waals surface area contributed by atoms with Crippen LogP contribution in [0.25, 0.3) is 0 Å². The predicted octanol–water partition coefficient (Wildman–Crippen LogP) is 3.82. The molecule has 2 N–H and O–H groups in total. The summed E-state index contributed by atoms with van der Waals surface area (Å²) in [6.45, 7) is 1.89. The smallest absolute Gasteiger partial charge is 0.404 e. The molecule has 1 aromatic carbocycles. The first-order valence-electron chi connectivity index (χ1n) is 7.39. The van der Waals surface area contributed by atoms with E-state index in [1.165, 1.54) is 0 Å². The van der Waals surface area contributed by atoms with E-state index in [-0.39, 0.29) is 13.0 Å². The number of ether oxygens (including phenoxy) is 1. The molecule has 0 radical (unpaired) electrons. The average Bonchev–Trinajstić information content (AvgIpc) is 2.49. The minimum absolute atomic E-state index is 0.0471. The SMILES string of the molecule is CCCCC[C@@H](C(=O)OCc1ccccc1)[C@@H](N)C(F)(F)F. The number of benzene rings is 1. The van der Waals surface area contributed by atoms with Crippen LogP contribution in [0.15, 0.2) is 30.3 Å². The molecule has 0 saturated carbocycles. The zero-order valence-corrected chi connectivity index (χ0v) is 12.6. The molecule has 1 aromatic rings. The fraction of sp³-hybridized carbons (Fsp3) is 0.562. The van der Waals surface area contributed by atoms with Crippen LogP contribution in [0, 0.1) is 5.92 Å². The Morgan fingerprint density at radius 2 is 1.86 bits per heavy atom. The first kappa shape index (κ1) is 18.5. The van der Waals surface area contributed by atoms with Gasteiger partial charge in [0.05, 0.1) is 5.92 Å². The number of unbranched alkanes of at least 4 members (excludes halogenated alkanes) is 2. The zero-order valence-electron chi connectivity index (χ0n) is 12.6. The summed E-state index contributed by atoms with van der Waals surface area (Å²) >= 11 is 0. The summed E-state index contributed by atoms with van der Waals surface area (Å²) in [7, 11) is 0. The summed E-state index contributed by atoms with van der Waals surface area (Å²) < 4.78 is 43.4. The van der Waals surface area contributed by atoms with Gasteiger partial charge in [-0.1, -0.05) is 56.5 Å². The number of esters is 1. The van der Waals surface area contributed by atoms with Crippen molar-refractivity contribution in [2.75, 3.05) is 0 Å². The van der Waals surface area contributed by atoms with Crippen molar-refractivity contribution < 1.29 is 22.7 Å². The second-order valence-electron chi connectivity index (χ2n) is 5.26. The lowest BCUT2D eigenvalue weighted by Crippen LogP contribution is -2.47. The number of hydrogen-bond acceptors (Lipinski definition) is 3. The first-order chi connectivity index (χ1) is 10.4. The molecule has 2 atom stereocenters. The van der Waals surface area contributed by atoms with Crippen molar-refractivity contribution >= 4 is 5.97 Å². The summed E-state index contributed by atoms with van der Waals surface area (Å²) in [5.74, 6) is -2.24. The molecule has 0 saturated heterocycles. The van der Waals surface area contributed by atoms with Crippen molar-refractivity contribution in [3.8, 4) is 0 Å². The maximum atomic E-state index is 12.8. The molecule has 3 nitrogen and oxygen atoms in total. The largest absolute Gasteiger partial charge is 0.461 e. The standard InChI is InChI=1S/C16H22F3NO2/c1-2-3-5-10-13(14(20)16(17,18)19)15(21)22-11-12-8-6-4-7-9-12/h4,6-9,13-14H,2-3,5,10-11,20H2,1H3/t13-,14-/m1/s1. The average molecular weight is 317 g/mol. The Balaban J connectivity index is 2.66. The molecule has 0 aromatic heterocycles. The highest BCUT2D eigenvalue weighted by Gasteiger charge is 2.45. The molecule has 0 aliphatic heterocycles. The van der Waals surface area contributed by atoms with Gasteiger partial charge in [0.25, 0.3) is 0 Å². The van der Waals surface area contributed by atoms with Crippen LogP contribution in [-0.4, -0.2) is 18.2 Å². The number of hydrogen-bond donors (Lipinski definition) is 1. The lowest BCUT2D eigenvalue weighted by atomic mass is 9.93. The molecule has 0 unspecified atom stereocenters. The molecule has 0 fully saturated rings. The Kier molecular flexibility index (Phi) is 7.38. The van der Waals surface area contributed by atoms with Gasteiger partial charge < -0.3 is 10.5 Å². The number of carbonyl (C=O) groups is 1. The van der Waals surface area contributed by atoms with Crippen molar-refractivity contribution in [3.63, 3.8) is 0 Å². The number of halogens is 3. The maximum Gasteiger partial charge on any atom is 0.404 e. The highest BCUT2D eigenvalue weighted by atomic mass is 19.4. The quantitative estimate of drug-likeness (QED) is 0.586. The highest BCUT2D eigenvalue weighted by molar-refractivity contribution is 5.73. The van der Waals surface area contributed by atoms with E-state index in [0.29, 0.717) is 6.42 Å². The maximum absolute atomic E-state index is 12.8. The van der Waals surface area contributed by atoms with E-state index >= 15 is 0 Å². The van der Waals surface area contributed by atoms with Gasteiger partial charge in [0.15, 0.2) is 0 Å². The monoisotopic (exact) mass is 317 g/mol. The fourth-order valence-corrected chi connectivity index (χ4v) is 2.12. The van der Waals surface area contributed by atoms with Crippen LogP contribution < -0.4 is 5.73 Å². The van der Waals surface area contributed by atoms with Gasteiger partial charge in [0.2, 0.25) is 0 Å². The van der Waals surface area contributed by atoms with E-state index in [0.717, 1.165) is 18.4 Å². The van der Waals surface area contributed by atoms with Gasteiger partial charge in [-0.3, -0.25) is 4.79 Å². The normalized spacial score (nSPS) is 14.4. The number of carbonyl (C=O) groups excluding carboxylic acids is 1. The van der Waals surface area contributed by atoms with Crippen LogP contribution in [0.4, 0.5) is 13.2 Å². The lowest BCUT2D eigenvalue weighted by Gasteiger charge is -2.24. The van der Waals surface area contributed by atoms with E-state index in [2.05, 4.69) is 0 Å². The number of nitrogens with two attached hydrogens (primary N) is 1. The van der Waals surface area contributed by atoms with Gasteiger partial charge in [-0.15, -0.1) is 0 Å². The second-order valence-corrected chi connectivity index (χ2v) is 5.26. The molecule has 1 rings (SSSR count). The van der Waals surface area contributed by atoms with Gasteiger partial charge in [-0.05, 0) is 12.0 Å². The Labute approximate surface area is 128 Å². The van der Waals surface area contributed by atoms with Gasteiger partial charge in [-0.2, -0.15) is 13.2 Å². The summed E-state index contributed by atoms with van der Waals surface area (Å²) in [5.41, 5.74) is 5.95. The zero-order chi connectivity index (χ0) is 16.6. The summed E-state index contributed by atoms with van der Waals surface area (Å²) in [5, 5.41) is 0. The fourth-order valence-electron chi connectivity index (χ4n) is 2.12. The summed E-state index contributed by atoms with van der Waals surface area (Å²) in [6.07, 6.45) is -2.39. The van der Waals surface area contributed by atoms with Gasteiger partial charge >= 0.3 is 12.1 Å².